The Morgan fingerprint density at radius 1 is 1.12 bits per heavy atom. The van der Waals surface area contributed by atoms with Gasteiger partial charge < -0.3 is 14.7 Å². The van der Waals surface area contributed by atoms with Crippen LogP contribution in [0.1, 0.15) is 18.3 Å². The van der Waals surface area contributed by atoms with Crippen molar-refractivity contribution in [2.45, 2.75) is 38.3 Å². The van der Waals surface area contributed by atoms with Crippen LogP contribution in [0, 0.1) is 18.6 Å². The van der Waals surface area contributed by atoms with Crippen LogP contribution < -0.4 is 14.5 Å². The van der Waals surface area contributed by atoms with Crippen molar-refractivity contribution in [3.05, 3.63) is 59.9 Å². The summed E-state index contributed by atoms with van der Waals surface area (Å²) in [5.41, 5.74) is -0.467. The van der Waals surface area contributed by atoms with E-state index in [0.717, 1.165) is 6.07 Å². The van der Waals surface area contributed by atoms with Crippen molar-refractivity contribution in [2.75, 3.05) is 22.9 Å². The number of benzene rings is 1. The first-order valence-electron chi connectivity index (χ1n) is 12.0. The van der Waals surface area contributed by atoms with Gasteiger partial charge in [-0.15, -0.1) is 0 Å². The summed E-state index contributed by atoms with van der Waals surface area (Å²) >= 11 is 0. The SMILES string of the molecule is Cc1nc2cnc(-c3cnc(N4CC(O)(C(F)(F)F)C4)nc3)cn2c1CN1C(=O)[C@@H](C)Oc2c(F)cc(F)cc21. The lowest BCUT2D eigenvalue weighted by atomic mass is 9.94. The van der Waals surface area contributed by atoms with Crippen molar-refractivity contribution >= 4 is 23.2 Å². The largest absolute Gasteiger partial charge is 0.476 e. The number of hydrogen-bond donors (Lipinski definition) is 1. The predicted molar refractivity (Wildman–Crippen MR) is 130 cm³/mol. The fourth-order valence-corrected chi connectivity index (χ4v) is 4.73. The van der Waals surface area contributed by atoms with Crippen LogP contribution in [0.15, 0.2) is 36.9 Å². The van der Waals surface area contributed by atoms with Crippen LogP contribution in [0.3, 0.4) is 0 Å². The van der Waals surface area contributed by atoms with E-state index in [1.165, 1.54) is 35.3 Å². The minimum atomic E-state index is -4.75. The molecule has 1 fully saturated rings. The average Bonchev–Trinajstić information content (AvgIpc) is 3.19. The standard InChI is InChI=1S/C25H20F5N7O3/c1-12-19(9-37-18-4-15(26)3-16(27)21(18)40-13(2)22(37)38)36-8-17(31-7-20(36)34-12)14-5-32-23(33-6-14)35-10-24(39,11-35)25(28,29)30/h3-8,13,39H,9-11H2,1-2H3/t13-/m1/s1. The molecule has 1 aromatic carbocycles. The smallest absolute Gasteiger partial charge is 0.420 e. The van der Waals surface area contributed by atoms with Gasteiger partial charge in [0, 0.05) is 36.3 Å². The number of carbonyl (C=O) groups excluding carboxylic acids is 1. The molecule has 0 bridgehead atoms. The van der Waals surface area contributed by atoms with Gasteiger partial charge in [0.2, 0.25) is 5.95 Å². The third kappa shape index (κ3) is 4.08. The Labute approximate surface area is 222 Å². The van der Waals surface area contributed by atoms with Crippen molar-refractivity contribution in [3.8, 4) is 17.0 Å². The van der Waals surface area contributed by atoms with Gasteiger partial charge in [-0.1, -0.05) is 0 Å². The van der Waals surface area contributed by atoms with E-state index in [0.29, 0.717) is 34.4 Å². The lowest BCUT2D eigenvalue weighted by Gasteiger charge is -2.46. The highest BCUT2D eigenvalue weighted by molar-refractivity contribution is 5.99. The average molecular weight is 561 g/mol. The molecule has 6 rings (SSSR count). The number of alkyl halides is 3. The summed E-state index contributed by atoms with van der Waals surface area (Å²) in [7, 11) is 0. The summed E-state index contributed by atoms with van der Waals surface area (Å²) in [6.07, 6.45) is 0.127. The summed E-state index contributed by atoms with van der Waals surface area (Å²) in [5.74, 6) is -2.48. The summed E-state index contributed by atoms with van der Waals surface area (Å²) in [6, 6.07) is 1.71. The van der Waals surface area contributed by atoms with Gasteiger partial charge in [0.25, 0.3) is 5.91 Å². The van der Waals surface area contributed by atoms with Crippen molar-refractivity contribution in [3.63, 3.8) is 0 Å². The minimum Gasteiger partial charge on any atom is -0.476 e. The molecule has 3 aromatic heterocycles. The summed E-state index contributed by atoms with van der Waals surface area (Å²) in [4.78, 5) is 32.5. The van der Waals surface area contributed by atoms with E-state index in [1.807, 2.05) is 0 Å². The van der Waals surface area contributed by atoms with Crippen molar-refractivity contribution < 1.29 is 36.6 Å². The zero-order valence-corrected chi connectivity index (χ0v) is 20.9. The van der Waals surface area contributed by atoms with Gasteiger partial charge in [0.05, 0.1) is 48.6 Å². The van der Waals surface area contributed by atoms with Gasteiger partial charge in [0.15, 0.2) is 28.9 Å². The molecule has 1 N–H and O–H groups in total. The van der Waals surface area contributed by atoms with Crippen molar-refractivity contribution in [1.29, 1.82) is 0 Å². The lowest BCUT2D eigenvalue weighted by Crippen LogP contribution is -2.69. The number of imidazole rings is 1. The molecule has 15 heteroatoms. The van der Waals surface area contributed by atoms with Crippen LogP contribution in [-0.2, 0) is 11.3 Å². The molecule has 0 radical (unpaired) electrons. The molecule has 0 saturated carbocycles. The number of aliphatic hydroxyl groups is 1. The number of aromatic nitrogens is 5. The van der Waals surface area contributed by atoms with E-state index in [4.69, 9.17) is 4.74 Å². The zero-order valence-electron chi connectivity index (χ0n) is 20.9. The van der Waals surface area contributed by atoms with Crippen LogP contribution in [0.25, 0.3) is 16.9 Å². The molecule has 208 valence electrons. The second kappa shape index (κ2) is 8.81. The first kappa shape index (κ1) is 25.9. The number of carbonyl (C=O) groups is 1. The molecule has 10 nitrogen and oxygen atoms in total. The molecule has 4 aromatic rings. The quantitative estimate of drug-likeness (QED) is 0.379. The van der Waals surface area contributed by atoms with E-state index in [2.05, 4.69) is 19.9 Å². The molecule has 40 heavy (non-hydrogen) atoms. The molecule has 1 saturated heterocycles. The van der Waals surface area contributed by atoms with Crippen LogP contribution >= 0.6 is 0 Å². The van der Waals surface area contributed by atoms with Gasteiger partial charge in [-0.2, -0.15) is 13.2 Å². The molecule has 1 atom stereocenters. The molecular weight excluding hydrogens is 541 g/mol. The topological polar surface area (TPSA) is 109 Å². The Hall–Kier alpha value is -4.40. The van der Waals surface area contributed by atoms with E-state index >= 15 is 0 Å². The third-order valence-electron chi connectivity index (χ3n) is 6.95. The number of halogens is 5. The Bertz CT molecular complexity index is 1650. The van der Waals surface area contributed by atoms with Gasteiger partial charge >= 0.3 is 6.18 Å². The Kier molecular flexibility index (Phi) is 5.69. The molecule has 0 aliphatic carbocycles. The molecule has 1 amide bonds. The summed E-state index contributed by atoms with van der Waals surface area (Å²) in [6.45, 7) is 1.76. The maximum atomic E-state index is 14.4. The Balaban J connectivity index is 1.30. The number of aryl methyl sites for hydroxylation is 1. The number of hydrogen-bond acceptors (Lipinski definition) is 8. The maximum absolute atomic E-state index is 14.4. The summed E-state index contributed by atoms with van der Waals surface area (Å²) < 4.78 is 74.3. The van der Waals surface area contributed by atoms with E-state index in [9.17, 15) is 31.9 Å². The fourth-order valence-electron chi connectivity index (χ4n) is 4.73. The molecule has 0 unspecified atom stereocenters. The van der Waals surface area contributed by atoms with Crippen LogP contribution in [0.4, 0.5) is 33.6 Å². The highest BCUT2D eigenvalue weighted by atomic mass is 19.4. The Morgan fingerprint density at radius 3 is 2.50 bits per heavy atom. The van der Waals surface area contributed by atoms with E-state index in [-0.39, 0.29) is 23.9 Å². The fraction of sp³-hybridized carbons (Fsp3) is 0.320. The second-order valence-electron chi connectivity index (χ2n) is 9.72. The second-order valence-corrected chi connectivity index (χ2v) is 9.72. The van der Waals surface area contributed by atoms with Crippen LogP contribution in [0.5, 0.6) is 5.75 Å². The number of anilines is 2. The third-order valence-corrected chi connectivity index (χ3v) is 6.95. The van der Waals surface area contributed by atoms with Crippen molar-refractivity contribution in [1.82, 2.24) is 24.3 Å². The minimum absolute atomic E-state index is 0.0241. The highest BCUT2D eigenvalue weighted by Crippen LogP contribution is 2.40. The van der Waals surface area contributed by atoms with Crippen molar-refractivity contribution in [2.24, 2.45) is 0 Å². The number of fused-ring (bicyclic) bond motifs is 2. The van der Waals surface area contributed by atoms with Gasteiger partial charge in [-0.25, -0.2) is 23.7 Å². The van der Waals surface area contributed by atoms with Crippen LogP contribution in [-0.4, -0.2) is 66.3 Å². The molecular formula is C25H20F5N7O3. The van der Waals surface area contributed by atoms with Gasteiger partial charge in [-0.3, -0.25) is 19.1 Å². The van der Waals surface area contributed by atoms with Gasteiger partial charge in [-0.05, 0) is 13.8 Å². The number of nitrogens with zero attached hydrogens (tertiary/aromatic N) is 7. The number of rotatable bonds is 4. The molecule has 2 aliphatic rings. The van der Waals surface area contributed by atoms with E-state index in [1.54, 1.807) is 17.5 Å². The van der Waals surface area contributed by atoms with Gasteiger partial charge in [0.1, 0.15) is 5.82 Å². The first-order chi connectivity index (χ1) is 18.8. The first-order valence-corrected chi connectivity index (χ1v) is 12.0. The normalized spacial score (nSPS) is 18.5. The molecule has 0 spiro atoms. The lowest BCUT2D eigenvalue weighted by molar-refractivity contribution is -0.267. The number of β-amino-alcohol motifs (C(OH)–C–C–N with tert-alkyl or cyclic N) is 1. The highest BCUT2D eigenvalue weighted by Gasteiger charge is 2.61. The zero-order chi connectivity index (χ0) is 28.6. The van der Waals surface area contributed by atoms with Crippen LogP contribution in [0.2, 0.25) is 0 Å². The predicted octanol–water partition coefficient (Wildman–Crippen LogP) is 3.20. The Morgan fingerprint density at radius 2 is 1.82 bits per heavy atom. The number of ether oxygens (including phenoxy) is 1. The monoisotopic (exact) mass is 561 g/mol. The molecule has 5 heterocycles. The summed E-state index contributed by atoms with van der Waals surface area (Å²) in [5, 5.41) is 9.66. The van der Waals surface area contributed by atoms with E-state index < -0.39 is 48.5 Å². The maximum Gasteiger partial charge on any atom is 0.420 e. The number of amides is 1. The molecule has 2 aliphatic heterocycles.